The molecule has 0 radical (unpaired) electrons. The number of ether oxygens (including phenoxy) is 1. The molecule has 0 aliphatic rings. The zero-order valence-corrected chi connectivity index (χ0v) is 12.5. The predicted octanol–water partition coefficient (Wildman–Crippen LogP) is 2.44. The Morgan fingerprint density at radius 1 is 1.19 bits per heavy atom. The van der Waals surface area contributed by atoms with Crippen molar-refractivity contribution in [1.82, 2.24) is 9.88 Å². The molecule has 2 aromatic rings. The normalized spacial score (nSPS) is 10.8. The van der Waals surface area contributed by atoms with Crippen LogP contribution in [0.4, 0.5) is 0 Å². The molecule has 0 aliphatic carbocycles. The van der Waals surface area contributed by atoms with Crippen LogP contribution in [0, 0.1) is 0 Å². The monoisotopic (exact) mass is 285 g/mol. The quantitative estimate of drug-likeness (QED) is 0.757. The summed E-state index contributed by atoms with van der Waals surface area (Å²) in [5.74, 6) is 0.898. The maximum atomic E-state index is 5.81. The van der Waals surface area contributed by atoms with Gasteiger partial charge in [-0.1, -0.05) is 24.3 Å². The first kappa shape index (κ1) is 15.5. The van der Waals surface area contributed by atoms with E-state index in [0.717, 1.165) is 30.8 Å². The van der Waals surface area contributed by atoms with Gasteiger partial charge in [0.25, 0.3) is 0 Å². The van der Waals surface area contributed by atoms with Crippen molar-refractivity contribution in [3.63, 3.8) is 0 Å². The molecule has 0 atom stereocenters. The molecular formula is C17H23N3O. The Bertz CT molecular complexity index is 531. The predicted molar refractivity (Wildman–Crippen MR) is 85.0 cm³/mol. The van der Waals surface area contributed by atoms with Gasteiger partial charge in [-0.25, -0.2) is 0 Å². The van der Waals surface area contributed by atoms with Crippen molar-refractivity contribution >= 4 is 0 Å². The van der Waals surface area contributed by atoms with Crippen molar-refractivity contribution in [3.05, 3.63) is 59.9 Å². The molecule has 21 heavy (non-hydrogen) atoms. The molecule has 4 heteroatoms. The minimum atomic E-state index is 0.511. The molecule has 0 fully saturated rings. The molecule has 0 saturated heterocycles. The molecule has 0 spiro atoms. The molecular weight excluding hydrogens is 262 g/mol. The summed E-state index contributed by atoms with van der Waals surface area (Å²) in [6.07, 6.45) is 4.69. The Morgan fingerprint density at radius 3 is 2.81 bits per heavy atom. The summed E-state index contributed by atoms with van der Waals surface area (Å²) in [7, 11) is 2.11. The molecule has 2 N–H and O–H groups in total. The van der Waals surface area contributed by atoms with Crippen LogP contribution >= 0.6 is 0 Å². The summed E-state index contributed by atoms with van der Waals surface area (Å²) in [4.78, 5) is 6.40. The van der Waals surface area contributed by atoms with E-state index in [9.17, 15) is 0 Å². The first-order valence-corrected chi connectivity index (χ1v) is 7.28. The van der Waals surface area contributed by atoms with Crippen LogP contribution < -0.4 is 10.5 Å². The largest absolute Gasteiger partial charge is 0.493 e. The second-order valence-electron chi connectivity index (χ2n) is 5.11. The highest BCUT2D eigenvalue weighted by molar-refractivity contribution is 5.32. The summed E-state index contributed by atoms with van der Waals surface area (Å²) in [5, 5.41) is 0. The lowest BCUT2D eigenvalue weighted by Gasteiger charge is -2.17. The van der Waals surface area contributed by atoms with Gasteiger partial charge in [0.1, 0.15) is 5.75 Å². The molecule has 0 bridgehead atoms. The summed E-state index contributed by atoms with van der Waals surface area (Å²) < 4.78 is 5.81. The fraction of sp³-hybridized carbons (Fsp3) is 0.353. The minimum absolute atomic E-state index is 0.511. The second-order valence-corrected chi connectivity index (χ2v) is 5.11. The van der Waals surface area contributed by atoms with Crippen molar-refractivity contribution in [2.24, 2.45) is 5.73 Å². The van der Waals surface area contributed by atoms with Crippen LogP contribution in [0.25, 0.3) is 0 Å². The first-order valence-electron chi connectivity index (χ1n) is 7.28. The fourth-order valence-corrected chi connectivity index (χ4v) is 2.21. The standard InChI is InChI=1S/C17H23N3O/c1-20(14-15-6-4-9-19-13-15)10-5-11-21-17-8-3-2-7-16(17)12-18/h2-4,6-9,13H,5,10-12,14,18H2,1H3. The Morgan fingerprint density at radius 2 is 2.05 bits per heavy atom. The SMILES string of the molecule is CN(CCCOc1ccccc1CN)Cc1cccnc1. The molecule has 0 saturated carbocycles. The van der Waals surface area contributed by atoms with Gasteiger partial charge >= 0.3 is 0 Å². The summed E-state index contributed by atoms with van der Waals surface area (Å²) in [6, 6.07) is 12.0. The Balaban J connectivity index is 1.70. The van der Waals surface area contributed by atoms with E-state index in [1.165, 1.54) is 5.56 Å². The summed E-state index contributed by atoms with van der Waals surface area (Å²) in [5.41, 5.74) is 7.98. The van der Waals surface area contributed by atoms with E-state index >= 15 is 0 Å². The number of hydrogen-bond acceptors (Lipinski definition) is 4. The van der Waals surface area contributed by atoms with Crippen molar-refractivity contribution in [3.8, 4) is 5.75 Å². The lowest BCUT2D eigenvalue weighted by atomic mass is 10.2. The highest BCUT2D eigenvalue weighted by Crippen LogP contribution is 2.17. The van der Waals surface area contributed by atoms with E-state index in [0.29, 0.717) is 13.2 Å². The second kappa shape index (κ2) is 8.39. The van der Waals surface area contributed by atoms with E-state index in [-0.39, 0.29) is 0 Å². The average Bonchev–Trinajstić information content (AvgIpc) is 2.53. The maximum Gasteiger partial charge on any atom is 0.123 e. The topological polar surface area (TPSA) is 51.4 Å². The van der Waals surface area contributed by atoms with Gasteiger partial charge in [-0.3, -0.25) is 4.98 Å². The van der Waals surface area contributed by atoms with Gasteiger partial charge in [0.05, 0.1) is 6.61 Å². The van der Waals surface area contributed by atoms with E-state index in [4.69, 9.17) is 10.5 Å². The smallest absolute Gasteiger partial charge is 0.123 e. The molecule has 1 heterocycles. The van der Waals surface area contributed by atoms with Crippen LogP contribution in [0.5, 0.6) is 5.75 Å². The molecule has 2 rings (SSSR count). The number of benzene rings is 1. The highest BCUT2D eigenvalue weighted by Gasteiger charge is 2.03. The number of nitrogens with two attached hydrogens (primary N) is 1. The van der Waals surface area contributed by atoms with Gasteiger partial charge in [-0.15, -0.1) is 0 Å². The van der Waals surface area contributed by atoms with E-state index in [2.05, 4.69) is 23.0 Å². The number of pyridine rings is 1. The van der Waals surface area contributed by atoms with E-state index in [1.54, 1.807) is 6.20 Å². The molecule has 0 unspecified atom stereocenters. The summed E-state index contributed by atoms with van der Waals surface area (Å²) in [6.45, 7) is 3.11. The van der Waals surface area contributed by atoms with Crippen LogP contribution in [0.15, 0.2) is 48.8 Å². The third kappa shape index (κ3) is 5.17. The van der Waals surface area contributed by atoms with Crippen molar-refractivity contribution in [2.45, 2.75) is 19.5 Å². The van der Waals surface area contributed by atoms with Crippen LogP contribution in [-0.4, -0.2) is 30.1 Å². The van der Waals surface area contributed by atoms with Crippen LogP contribution in [0.1, 0.15) is 17.5 Å². The van der Waals surface area contributed by atoms with Crippen molar-refractivity contribution < 1.29 is 4.74 Å². The Hall–Kier alpha value is -1.91. The van der Waals surface area contributed by atoms with Crippen molar-refractivity contribution in [1.29, 1.82) is 0 Å². The number of para-hydroxylation sites is 1. The lowest BCUT2D eigenvalue weighted by Crippen LogP contribution is -2.21. The average molecular weight is 285 g/mol. The molecule has 4 nitrogen and oxygen atoms in total. The van der Waals surface area contributed by atoms with Crippen LogP contribution in [0.3, 0.4) is 0 Å². The number of rotatable bonds is 8. The number of hydrogen-bond donors (Lipinski definition) is 1. The van der Waals surface area contributed by atoms with Crippen molar-refractivity contribution in [2.75, 3.05) is 20.2 Å². The Labute approximate surface area is 126 Å². The minimum Gasteiger partial charge on any atom is -0.493 e. The Kier molecular flexibility index (Phi) is 6.19. The highest BCUT2D eigenvalue weighted by atomic mass is 16.5. The van der Waals surface area contributed by atoms with E-state index < -0.39 is 0 Å². The molecule has 0 aliphatic heterocycles. The number of nitrogens with zero attached hydrogens (tertiary/aromatic N) is 2. The van der Waals surface area contributed by atoms with Gasteiger partial charge in [0, 0.05) is 37.6 Å². The molecule has 1 aromatic carbocycles. The van der Waals surface area contributed by atoms with Crippen LogP contribution in [-0.2, 0) is 13.1 Å². The lowest BCUT2D eigenvalue weighted by molar-refractivity contribution is 0.257. The van der Waals surface area contributed by atoms with Crippen LogP contribution in [0.2, 0.25) is 0 Å². The molecule has 0 amide bonds. The molecule has 1 aromatic heterocycles. The molecule has 112 valence electrons. The number of aromatic nitrogens is 1. The third-order valence-corrected chi connectivity index (χ3v) is 3.31. The maximum absolute atomic E-state index is 5.81. The van der Waals surface area contributed by atoms with E-state index in [1.807, 2.05) is 36.5 Å². The third-order valence-electron chi connectivity index (χ3n) is 3.31. The zero-order valence-electron chi connectivity index (χ0n) is 12.5. The van der Waals surface area contributed by atoms with Gasteiger partial charge in [0.2, 0.25) is 0 Å². The fourth-order valence-electron chi connectivity index (χ4n) is 2.21. The van der Waals surface area contributed by atoms with Gasteiger partial charge in [-0.2, -0.15) is 0 Å². The van der Waals surface area contributed by atoms with Gasteiger partial charge in [0.15, 0.2) is 0 Å². The first-order chi connectivity index (χ1) is 10.3. The summed E-state index contributed by atoms with van der Waals surface area (Å²) >= 11 is 0. The zero-order chi connectivity index (χ0) is 14.9. The van der Waals surface area contributed by atoms with Gasteiger partial charge < -0.3 is 15.4 Å². The van der Waals surface area contributed by atoms with Gasteiger partial charge in [-0.05, 0) is 31.2 Å².